The van der Waals surface area contributed by atoms with Crippen LogP contribution in [0.4, 0.5) is 0 Å². The predicted molar refractivity (Wildman–Crippen MR) is 127 cm³/mol. The average molecular weight is 431 g/mol. The van der Waals surface area contributed by atoms with Gasteiger partial charge in [0.25, 0.3) is 0 Å². The van der Waals surface area contributed by atoms with Crippen molar-refractivity contribution in [3.63, 3.8) is 0 Å². The van der Waals surface area contributed by atoms with Crippen LogP contribution in [-0.2, 0) is 12.8 Å². The standard InChI is InChI=1S/C26H30N4O2/c1-3-24-28-22-7-4-17(2)21(25(22)32-24)11-14-29-12-9-20(10-13-29)30-15-8-18-5-6-19(26(27)31)16-23(18)30/h4-8,15-16,20H,3,9-14H2,1-2H3,(H2,27,31). The van der Waals surface area contributed by atoms with Crippen molar-refractivity contribution in [1.82, 2.24) is 14.5 Å². The van der Waals surface area contributed by atoms with Gasteiger partial charge in [-0.15, -0.1) is 0 Å². The van der Waals surface area contributed by atoms with Crippen molar-refractivity contribution in [1.29, 1.82) is 0 Å². The van der Waals surface area contributed by atoms with Gasteiger partial charge < -0.3 is 19.6 Å². The fourth-order valence-corrected chi connectivity index (χ4v) is 4.96. The Kier molecular flexibility index (Phi) is 5.47. The van der Waals surface area contributed by atoms with E-state index in [9.17, 15) is 4.79 Å². The molecule has 6 nitrogen and oxygen atoms in total. The zero-order valence-electron chi connectivity index (χ0n) is 18.8. The van der Waals surface area contributed by atoms with Gasteiger partial charge in [0.05, 0.1) is 0 Å². The van der Waals surface area contributed by atoms with Gasteiger partial charge >= 0.3 is 0 Å². The second-order valence-electron chi connectivity index (χ2n) is 8.85. The molecular formula is C26H30N4O2. The highest BCUT2D eigenvalue weighted by atomic mass is 16.3. The number of nitrogens with zero attached hydrogens (tertiary/aromatic N) is 3. The van der Waals surface area contributed by atoms with E-state index in [1.807, 2.05) is 12.1 Å². The Hall–Kier alpha value is -3.12. The third-order valence-electron chi connectivity index (χ3n) is 6.88. The molecule has 0 saturated carbocycles. The van der Waals surface area contributed by atoms with Gasteiger partial charge in [0.2, 0.25) is 5.91 Å². The number of hydrogen-bond donors (Lipinski definition) is 1. The van der Waals surface area contributed by atoms with Gasteiger partial charge in [-0.2, -0.15) is 0 Å². The van der Waals surface area contributed by atoms with E-state index < -0.39 is 0 Å². The molecule has 2 N–H and O–H groups in total. The van der Waals surface area contributed by atoms with Crippen molar-refractivity contribution in [2.45, 2.75) is 45.6 Å². The molecule has 2 aromatic heterocycles. The van der Waals surface area contributed by atoms with Crippen molar-refractivity contribution in [3.05, 3.63) is 65.2 Å². The number of aryl methyl sites for hydroxylation is 2. The van der Waals surface area contributed by atoms with Gasteiger partial charge in [-0.3, -0.25) is 4.79 Å². The number of aromatic nitrogens is 2. The van der Waals surface area contributed by atoms with Crippen LogP contribution in [0.25, 0.3) is 22.0 Å². The van der Waals surface area contributed by atoms with Gasteiger partial charge in [-0.1, -0.05) is 19.1 Å². The van der Waals surface area contributed by atoms with E-state index in [2.05, 4.69) is 52.7 Å². The van der Waals surface area contributed by atoms with Crippen LogP contribution in [0, 0.1) is 6.92 Å². The van der Waals surface area contributed by atoms with Crippen LogP contribution < -0.4 is 5.73 Å². The maximum absolute atomic E-state index is 11.6. The second-order valence-corrected chi connectivity index (χ2v) is 8.85. The zero-order valence-corrected chi connectivity index (χ0v) is 18.8. The number of nitrogens with two attached hydrogens (primary N) is 1. The summed E-state index contributed by atoms with van der Waals surface area (Å²) in [6.07, 6.45) is 6.12. The zero-order chi connectivity index (χ0) is 22.2. The Balaban J connectivity index is 1.26. The maximum Gasteiger partial charge on any atom is 0.248 e. The lowest BCUT2D eigenvalue weighted by molar-refractivity contribution is 0.100. The number of piperidine rings is 1. The van der Waals surface area contributed by atoms with E-state index in [0.717, 1.165) is 73.2 Å². The summed E-state index contributed by atoms with van der Waals surface area (Å²) in [5.41, 5.74) is 11.6. The molecule has 0 spiro atoms. The smallest absolute Gasteiger partial charge is 0.248 e. The number of primary amides is 1. The Bertz CT molecular complexity index is 1280. The van der Waals surface area contributed by atoms with Crippen LogP contribution in [0.2, 0.25) is 0 Å². The van der Waals surface area contributed by atoms with E-state index in [0.29, 0.717) is 11.6 Å². The Morgan fingerprint density at radius 1 is 1.19 bits per heavy atom. The Morgan fingerprint density at radius 2 is 2.00 bits per heavy atom. The van der Waals surface area contributed by atoms with Crippen molar-refractivity contribution in [3.8, 4) is 0 Å². The summed E-state index contributed by atoms with van der Waals surface area (Å²) in [5, 5.41) is 1.15. The fraction of sp³-hybridized carbons (Fsp3) is 0.385. The number of hydrogen-bond acceptors (Lipinski definition) is 4. The monoisotopic (exact) mass is 430 g/mol. The highest BCUT2D eigenvalue weighted by molar-refractivity contribution is 5.97. The lowest BCUT2D eigenvalue weighted by Gasteiger charge is -2.33. The van der Waals surface area contributed by atoms with Gasteiger partial charge in [0.1, 0.15) is 5.52 Å². The Morgan fingerprint density at radius 3 is 2.75 bits per heavy atom. The first-order valence-electron chi connectivity index (χ1n) is 11.5. The average Bonchev–Trinajstić information content (AvgIpc) is 3.42. The molecule has 1 aliphatic rings. The van der Waals surface area contributed by atoms with E-state index in [1.54, 1.807) is 6.07 Å². The molecule has 0 bridgehead atoms. The SMILES string of the molecule is CCc1nc2ccc(C)c(CCN3CCC(n4ccc5ccc(C(N)=O)cc54)CC3)c2o1. The maximum atomic E-state index is 11.6. The first kappa shape index (κ1) is 20.8. The van der Waals surface area contributed by atoms with Crippen molar-refractivity contribution in [2.75, 3.05) is 19.6 Å². The molecule has 0 atom stereocenters. The van der Waals surface area contributed by atoms with E-state index >= 15 is 0 Å². The molecule has 32 heavy (non-hydrogen) atoms. The number of benzene rings is 2. The van der Waals surface area contributed by atoms with E-state index in [-0.39, 0.29) is 5.91 Å². The number of carbonyl (C=O) groups excluding carboxylic acids is 1. The van der Waals surface area contributed by atoms with Crippen LogP contribution in [0.15, 0.2) is 47.0 Å². The van der Waals surface area contributed by atoms with Crippen LogP contribution in [0.5, 0.6) is 0 Å². The quantitative estimate of drug-likeness (QED) is 0.484. The first-order valence-corrected chi connectivity index (χ1v) is 11.5. The molecule has 1 fully saturated rings. The number of oxazole rings is 1. The number of amides is 1. The molecule has 3 heterocycles. The molecule has 1 amide bonds. The largest absolute Gasteiger partial charge is 0.440 e. The minimum atomic E-state index is -0.377. The van der Waals surface area contributed by atoms with Crippen molar-refractivity contribution in [2.24, 2.45) is 5.73 Å². The molecule has 2 aromatic carbocycles. The lowest BCUT2D eigenvalue weighted by atomic mass is 10.0. The number of rotatable bonds is 6. The van der Waals surface area contributed by atoms with Gasteiger partial charge in [0.15, 0.2) is 11.5 Å². The molecule has 1 saturated heterocycles. The molecule has 166 valence electrons. The predicted octanol–water partition coefficient (Wildman–Crippen LogP) is 4.63. The summed E-state index contributed by atoms with van der Waals surface area (Å²) >= 11 is 0. The van der Waals surface area contributed by atoms with Crippen molar-refractivity contribution >= 4 is 27.9 Å². The lowest BCUT2D eigenvalue weighted by Crippen LogP contribution is -2.35. The molecule has 5 rings (SSSR count). The third kappa shape index (κ3) is 3.79. The normalized spacial score (nSPS) is 15.7. The summed E-state index contributed by atoms with van der Waals surface area (Å²) in [6.45, 7) is 7.38. The summed E-state index contributed by atoms with van der Waals surface area (Å²) < 4.78 is 8.36. The molecule has 0 radical (unpaired) electrons. The molecule has 0 aliphatic carbocycles. The molecule has 6 heteroatoms. The first-order chi connectivity index (χ1) is 15.5. The third-order valence-corrected chi connectivity index (χ3v) is 6.88. The summed E-state index contributed by atoms with van der Waals surface area (Å²) in [5.74, 6) is 0.434. The minimum absolute atomic E-state index is 0.377. The van der Waals surface area contributed by atoms with Crippen LogP contribution >= 0.6 is 0 Å². The molecular weight excluding hydrogens is 400 g/mol. The van der Waals surface area contributed by atoms with Crippen LogP contribution in [0.1, 0.15) is 53.2 Å². The van der Waals surface area contributed by atoms with Crippen LogP contribution in [-0.4, -0.2) is 40.0 Å². The van der Waals surface area contributed by atoms with Gasteiger partial charge in [0, 0.05) is 54.9 Å². The topological polar surface area (TPSA) is 77.3 Å². The Labute approximate surface area is 188 Å². The second kappa shape index (κ2) is 8.43. The summed E-state index contributed by atoms with van der Waals surface area (Å²) in [7, 11) is 0. The van der Waals surface area contributed by atoms with E-state index in [4.69, 9.17) is 10.2 Å². The van der Waals surface area contributed by atoms with Gasteiger partial charge in [-0.25, -0.2) is 4.98 Å². The molecule has 0 unspecified atom stereocenters. The van der Waals surface area contributed by atoms with Gasteiger partial charge in [-0.05, 0) is 61.4 Å². The summed E-state index contributed by atoms with van der Waals surface area (Å²) in [4.78, 5) is 18.7. The van der Waals surface area contributed by atoms with Crippen LogP contribution in [0.3, 0.4) is 0 Å². The fourth-order valence-electron chi connectivity index (χ4n) is 4.96. The number of fused-ring (bicyclic) bond motifs is 2. The summed E-state index contributed by atoms with van der Waals surface area (Å²) in [6, 6.07) is 12.5. The molecule has 4 aromatic rings. The highest BCUT2D eigenvalue weighted by Gasteiger charge is 2.22. The van der Waals surface area contributed by atoms with Crippen molar-refractivity contribution < 1.29 is 9.21 Å². The minimum Gasteiger partial charge on any atom is -0.440 e. The highest BCUT2D eigenvalue weighted by Crippen LogP contribution is 2.29. The van der Waals surface area contributed by atoms with E-state index in [1.165, 1.54) is 11.1 Å². The number of likely N-dealkylation sites (tertiary alicyclic amines) is 1. The molecule has 1 aliphatic heterocycles. The number of carbonyl (C=O) groups is 1.